The van der Waals surface area contributed by atoms with Gasteiger partial charge >= 0.3 is 5.97 Å². The van der Waals surface area contributed by atoms with Crippen molar-refractivity contribution in [1.82, 2.24) is 14.5 Å². The molecule has 0 aliphatic heterocycles. The Kier molecular flexibility index (Phi) is 3.17. The predicted octanol–water partition coefficient (Wildman–Crippen LogP) is 2.79. The second kappa shape index (κ2) is 5.01. The van der Waals surface area contributed by atoms with E-state index in [4.69, 9.17) is 0 Å². The maximum absolute atomic E-state index is 11.3. The molecule has 0 bridgehead atoms. The van der Waals surface area contributed by atoms with E-state index in [-0.39, 0.29) is 0 Å². The van der Waals surface area contributed by atoms with E-state index in [1.165, 1.54) is 0 Å². The normalized spacial score (nSPS) is 11.0. The quantitative estimate of drug-likeness (QED) is 0.801. The molecule has 21 heavy (non-hydrogen) atoms. The lowest BCUT2D eigenvalue weighted by Crippen LogP contribution is -2.05. The van der Waals surface area contributed by atoms with E-state index in [1.807, 2.05) is 36.7 Å². The Labute approximate surface area is 121 Å². The molecule has 2 heterocycles. The largest absolute Gasteiger partial charge is 0.478 e. The molecule has 0 radical (unpaired) electrons. The summed E-state index contributed by atoms with van der Waals surface area (Å²) in [5, 5.41) is 10.3. The summed E-state index contributed by atoms with van der Waals surface area (Å²) < 4.78 is 2.01. The predicted molar refractivity (Wildman–Crippen MR) is 79.5 cm³/mol. The summed E-state index contributed by atoms with van der Waals surface area (Å²) >= 11 is 0. The van der Waals surface area contributed by atoms with Gasteiger partial charge in [0.1, 0.15) is 0 Å². The van der Waals surface area contributed by atoms with Crippen LogP contribution in [0.1, 0.15) is 27.3 Å². The molecule has 0 amide bonds. The van der Waals surface area contributed by atoms with E-state index >= 15 is 0 Å². The van der Waals surface area contributed by atoms with E-state index in [0.717, 1.165) is 27.9 Å². The molecular weight excluding hydrogens is 266 g/mol. The van der Waals surface area contributed by atoms with Crippen LogP contribution in [0.2, 0.25) is 0 Å². The Hall–Kier alpha value is -2.69. The third-order valence-electron chi connectivity index (χ3n) is 3.58. The molecule has 0 aliphatic carbocycles. The van der Waals surface area contributed by atoms with Gasteiger partial charge in [-0.3, -0.25) is 9.97 Å². The van der Waals surface area contributed by atoms with Crippen molar-refractivity contribution in [2.75, 3.05) is 0 Å². The minimum atomic E-state index is -0.905. The van der Waals surface area contributed by atoms with Gasteiger partial charge in [0.15, 0.2) is 0 Å². The summed E-state index contributed by atoms with van der Waals surface area (Å²) in [6.07, 6.45) is 5.43. The average molecular weight is 281 g/mol. The molecule has 0 aliphatic rings. The van der Waals surface area contributed by atoms with Gasteiger partial charge in [0.05, 0.1) is 35.2 Å². The van der Waals surface area contributed by atoms with Crippen molar-refractivity contribution in [2.24, 2.45) is 0 Å². The fourth-order valence-corrected chi connectivity index (χ4v) is 2.52. The molecule has 3 rings (SSSR count). The van der Waals surface area contributed by atoms with Crippen molar-refractivity contribution in [3.8, 4) is 0 Å². The Morgan fingerprint density at radius 1 is 1.19 bits per heavy atom. The number of fused-ring (bicyclic) bond motifs is 1. The zero-order chi connectivity index (χ0) is 15.0. The molecule has 0 atom stereocenters. The molecular formula is C16H15N3O2. The first-order valence-electron chi connectivity index (χ1n) is 6.65. The van der Waals surface area contributed by atoms with Gasteiger partial charge in [-0.2, -0.15) is 0 Å². The summed E-state index contributed by atoms with van der Waals surface area (Å²) in [6.45, 7) is 4.30. The summed E-state index contributed by atoms with van der Waals surface area (Å²) in [5.74, 6) is -0.905. The SMILES string of the molecule is Cc1cnc(Cn2ccc3ccc(C(=O)O)c(C)c32)cn1. The van der Waals surface area contributed by atoms with Crippen LogP contribution in [0.15, 0.2) is 36.8 Å². The summed E-state index contributed by atoms with van der Waals surface area (Å²) in [7, 11) is 0. The minimum absolute atomic E-state index is 0.331. The number of hydrogen-bond acceptors (Lipinski definition) is 3. The molecule has 3 aromatic rings. The molecule has 0 saturated heterocycles. The van der Waals surface area contributed by atoms with Crippen molar-refractivity contribution in [3.05, 3.63) is 59.3 Å². The molecule has 5 heteroatoms. The van der Waals surface area contributed by atoms with Gasteiger partial charge in [-0.05, 0) is 36.9 Å². The van der Waals surface area contributed by atoms with Crippen LogP contribution in [0.5, 0.6) is 0 Å². The summed E-state index contributed by atoms with van der Waals surface area (Å²) in [6, 6.07) is 5.47. The number of hydrogen-bond donors (Lipinski definition) is 1. The average Bonchev–Trinajstić information content (AvgIpc) is 2.85. The van der Waals surface area contributed by atoms with Crippen LogP contribution in [-0.2, 0) is 6.54 Å². The fourth-order valence-electron chi connectivity index (χ4n) is 2.52. The van der Waals surface area contributed by atoms with Crippen molar-refractivity contribution < 1.29 is 9.90 Å². The molecule has 0 unspecified atom stereocenters. The van der Waals surface area contributed by atoms with Gasteiger partial charge in [-0.25, -0.2) is 4.79 Å². The Balaban J connectivity index is 2.08. The van der Waals surface area contributed by atoms with Crippen molar-refractivity contribution in [2.45, 2.75) is 20.4 Å². The van der Waals surface area contributed by atoms with Crippen LogP contribution < -0.4 is 0 Å². The highest BCUT2D eigenvalue weighted by molar-refractivity contribution is 5.96. The molecule has 106 valence electrons. The first kappa shape index (κ1) is 13.3. The molecule has 0 fully saturated rings. The van der Waals surface area contributed by atoms with Crippen LogP contribution in [-0.4, -0.2) is 25.6 Å². The third-order valence-corrected chi connectivity index (χ3v) is 3.58. The zero-order valence-corrected chi connectivity index (χ0v) is 11.9. The number of carbonyl (C=O) groups is 1. The van der Waals surface area contributed by atoms with Crippen LogP contribution in [0.3, 0.4) is 0 Å². The summed E-state index contributed by atoms with van der Waals surface area (Å²) in [4.78, 5) is 19.8. The van der Waals surface area contributed by atoms with Crippen molar-refractivity contribution >= 4 is 16.9 Å². The van der Waals surface area contributed by atoms with Gasteiger partial charge in [0.25, 0.3) is 0 Å². The number of aromatic carboxylic acids is 1. The number of carboxylic acid groups (broad SMARTS) is 1. The van der Waals surface area contributed by atoms with Gasteiger partial charge < -0.3 is 9.67 Å². The number of rotatable bonds is 3. The maximum atomic E-state index is 11.3. The highest BCUT2D eigenvalue weighted by Gasteiger charge is 2.13. The molecule has 1 aromatic carbocycles. The molecule has 0 spiro atoms. The lowest BCUT2D eigenvalue weighted by atomic mass is 10.1. The monoisotopic (exact) mass is 281 g/mol. The molecule has 0 saturated carbocycles. The number of benzene rings is 1. The van der Waals surface area contributed by atoms with E-state index in [1.54, 1.807) is 18.5 Å². The van der Waals surface area contributed by atoms with Gasteiger partial charge in [-0.15, -0.1) is 0 Å². The Bertz CT molecular complexity index is 819. The number of carboxylic acids is 1. The van der Waals surface area contributed by atoms with E-state index < -0.39 is 5.97 Å². The lowest BCUT2D eigenvalue weighted by Gasteiger charge is -2.09. The van der Waals surface area contributed by atoms with E-state index in [2.05, 4.69) is 9.97 Å². The van der Waals surface area contributed by atoms with E-state index in [0.29, 0.717) is 12.1 Å². The summed E-state index contributed by atoms with van der Waals surface area (Å²) in [5.41, 5.74) is 3.75. The highest BCUT2D eigenvalue weighted by atomic mass is 16.4. The first-order valence-corrected chi connectivity index (χ1v) is 6.65. The molecule has 5 nitrogen and oxygen atoms in total. The molecule has 1 N–H and O–H groups in total. The fraction of sp³-hybridized carbons (Fsp3) is 0.188. The maximum Gasteiger partial charge on any atom is 0.336 e. The van der Waals surface area contributed by atoms with Crippen LogP contribution in [0, 0.1) is 13.8 Å². The minimum Gasteiger partial charge on any atom is -0.478 e. The number of aryl methyl sites for hydroxylation is 2. The van der Waals surface area contributed by atoms with Gasteiger partial charge in [-0.1, -0.05) is 6.07 Å². The van der Waals surface area contributed by atoms with Crippen LogP contribution >= 0.6 is 0 Å². The van der Waals surface area contributed by atoms with Crippen molar-refractivity contribution in [1.29, 1.82) is 0 Å². The highest BCUT2D eigenvalue weighted by Crippen LogP contribution is 2.24. The van der Waals surface area contributed by atoms with Crippen LogP contribution in [0.25, 0.3) is 10.9 Å². The van der Waals surface area contributed by atoms with Crippen LogP contribution in [0.4, 0.5) is 0 Å². The molecule has 2 aromatic heterocycles. The van der Waals surface area contributed by atoms with E-state index in [9.17, 15) is 9.90 Å². The number of nitrogens with zero attached hydrogens (tertiary/aromatic N) is 3. The zero-order valence-electron chi connectivity index (χ0n) is 11.9. The van der Waals surface area contributed by atoms with Gasteiger partial charge in [0, 0.05) is 12.4 Å². The number of aromatic nitrogens is 3. The van der Waals surface area contributed by atoms with Gasteiger partial charge in [0.2, 0.25) is 0 Å². The second-order valence-corrected chi connectivity index (χ2v) is 5.07. The third kappa shape index (κ3) is 2.38. The smallest absolute Gasteiger partial charge is 0.336 e. The van der Waals surface area contributed by atoms with Crippen molar-refractivity contribution in [3.63, 3.8) is 0 Å². The topological polar surface area (TPSA) is 68.0 Å². The Morgan fingerprint density at radius 2 is 2.00 bits per heavy atom. The first-order chi connectivity index (χ1) is 10.1. The standard InChI is InChI=1S/C16H15N3O2/c1-10-7-18-13(8-17-10)9-19-6-5-12-3-4-14(16(20)21)11(2)15(12)19/h3-8H,9H2,1-2H3,(H,20,21). The Morgan fingerprint density at radius 3 is 2.67 bits per heavy atom. The second-order valence-electron chi connectivity index (χ2n) is 5.07. The lowest BCUT2D eigenvalue weighted by molar-refractivity contribution is 0.0696.